The van der Waals surface area contributed by atoms with Crippen LogP contribution < -0.4 is 4.72 Å². The van der Waals surface area contributed by atoms with Gasteiger partial charge in [0, 0.05) is 17.2 Å². The highest BCUT2D eigenvalue weighted by molar-refractivity contribution is 9.10. The van der Waals surface area contributed by atoms with Gasteiger partial charge >= 0.3 is 0 Å². The normalized spacial score (nSPS) is 11.7. The Labute approximate surface area is 147 Å². The maximum Gasteiger partial charge on any atom is 0.241 e. The van der Waals surface area contributed by atoms with E-state index in [-0.39, 0.29) is 11.4 Å². The van der Waals surface area contributed by atoms with E-state index < -0.39 is 10.0 Å². The van der Waals surface area contributed by atoms with E-state index in [1.165, 1.54) is 0 Å². The van der Waals surface area contributed by atoms with Gasteiger partial charge in [-0.05, 0) is 45.6 Å². The van der Waals surface area contributed by atoms with Gasteiger partial charge in [0.15, 0.2) is 0 Å². The van der Waals surface area contributed by atoms with Gasteiger partial charge in [-0.1, -0.05) is 18.2 Å². The van der Waals surface area contributed by atoms with Gasteiger partial charge < -0.3 is 0 Å². The van der Waals surface area contributed by atoms with Crippen LogP contribution in [0, 0.1) is 0 Å². The minimum absolute atomic E-state index is 0.236. The molecule has 8 heteroatoms. The van der Waals surface area contributed by atoms with Crippen LogP contribution >= 0.6 is 27.3 Å². The van der Waals surface area contributed by atoms with Crippen LogP contribution in [0.15, 0.2) is 63.4 Å². The maximum absolute atomic E-state index is 12.3. The summed E-state index contributed by atoms with van der Waals surface area (Å²) in [6, 6.07) is 12.6. The van der Waals surface area contributed by atoms with Crippen molar-refractivity contribution in [3.05, 3.63) is 58.5 Å². The number of sulfonamides is 1. The highest BCUT2D eigenvalue weighted by Crippen LogP contribution is 2.22. The Morgan fingerprint density at radius 3 is 2.74 bits per heavy atom. The lowest BCUT2D eigenvalue weighted by molar-refractivity contribution is 0.561. The van der Waals surface area contributed by atoms with Crippen LogP contribution in [0.5, 0.6) is 0 Å². The summed E-state index contributed by atoms with van der Waals surface area (Å²) in [5, 5.41) is 6.45. The highest BCUT2D eigenvalue weighted by atomic mass is 79.9. The zero-order valence-electron chi connectivity index (χ0n) is 12.0. The predicted molar refractivity (Wildman–Crippen MR) is 94.9 cm³/mol. The van der Waals surface area contributed by atoms with Gasteiger partial charge in [0.2, 0.25) is 10.0 Å². The Kier molecular flexibility index (Phi) is 4.96. The van der Waals surface area contributed by atoms with Crippen LogP contribution in [0.3, 0.4) is 0 Å². The molecular weight excluding hydrogens is 398 g/mol. The van der Waals surface area contributed by atoms with Crippen LogP contribution in [0.1, 0.15) is 0 Å². The van der Waals surface area contributed by atoms with Crippen molar-refractivity contribution in [2.45, 2.75) is 11.4 Å². The van der Waals surface area contributed by atoms with Crippen LogP contribution in [0.2, 0.25) is 0 Å². The minimum Gasteiger partial charge on any atom is -0.271 e. The number of nitrogens with zero attached hydrogens (tertiary/aromatic N) is 2. The molecule has 2 aromatic heterocycles. The summed E-state index contributed by atoms with van der Waals surface area (Å²) < 4.78 is 29.4. The van der Waals surface area contributed by atoms with E-state index in [9.17, 15) is 8.42 Å². The molecule has 0 aliphatic heterocycles. The third-order valence-electron chi connectivity index (χ3n) is 3.17. The van der Waals surface area contributed by atoms with Crippen LogP contribution in [-0.4, -0.2) is 24.7 Å². The van der Waals surface area contributed by atoms with E-state index in [2.05, 4.69) is 25.8 Å². The van der Waals surface area contributed by atoms with E-state index in [1.54, 1.807) is 40.3 Å². The monoisotopic (exact) mass is 411 g/mol. The molecule has 23 heavy (non-hydrogen) atoms. The Hall–Kier alpha value is -1.48. The standard InChI is InChI=1S/C15H14BrN3O2S2/c16-12-4-1-2-6-15(12)23(20,21)17-8-10-19-9-7-13(18-19)14-5-3-11-22-14/h1-7,9,11,17H,8,10H2. The second kappa shape index (κ2) is 6.96. The third-order valence-corrected chi connectivity index (χ3v) is 6.54. The second-order valence-corrected chi connectivity index (χ2v) is 8.31. The zero-order chi connectivity index (χ0) is 16.3. The van der Waals surface area contributed by atoms with Crippen molar-refractivity contribution in [1.82, 2.24) is 14.5 Å². The molecule has 0 saturated heterocycles. The molecule has 0 atom stereocenters. The Balaban J connectivity index is 1.62. The van der Waals surface area contributed by atoms with Gasteiger partial charge in [-0.15, -0.1) is 11.3 Å². The molecule has 2 heterocycles. The van der Waals surface area contributed by atoms with E-state index in [0.29, 0.717) is 11.0 Å². The van der Waals surface area contributed by atoms with Crippen molar-refractivity contribution < 1.29 is 8.42 Å². The minimum atomic E-state index is -3.53. The Morgan fingerprint density at radius 2 is 2.00 bits per heavy atom. The van der Waals surface area contributed by atoms with Crippen LogP contribution in [0.25, 0.3) is 10.6 Å². The summed E-state index contributed by atoms with van der Waals surface area (Å²) in [7, 11) is -3.53. The lowest BCUT2D eigenvalue weighted by Gasteiger charge is -2.08. The van der Waals surface area contributed by atoms with Gasteiger partial charge in [-0.3, -0.25) is 4.68 Å². The summed E-state index contributed by atoms with van der Waals surface area (Å²) in [5.41, 5.74) is 0.897. The number of hydrogen-bond donors (Lipinski definition) is 1. The molecule has 0 fully saturated rings. The molecule has 0 saturated carbocycles. The summed E-state index contributed by atoms with van der Waals surface area (Å²) in [4.78, 5) is 1.33. The molecule has 5 nitrogen and oxygen atoms in total. The summed E-state index contributed by atoms with van der Waals surface area (Å²) >= 11 is 4.88. The zero-order valence-corrected chi connectivity index (χ0v) is 15.2. The van der Waals surface area contributed by atoms with Crippen molar-refractivity contribution in [1.29, 1.82) is 0 Å². The quantitative estimate of drug-likeness (QED) is 0.676. The molecule has 1 N–H and O–H groups in total. The predicted octanol–water partition coefficient (Wildman–Crippen LogP) is 3.35. The topological polar surface area (TPSA) is 64.0 Å². The SMILES string of the molecule is O=S(=O)(NCCn1ccc(-c2cccs2)n1)c1ccccc1Br. The van der Waals surface area contributed by atoms with Crippen molar-refractivity contribution in [2.24, 2.45) is 0 Å². The number of rotatable bonds is 6. The van der Waals surface area contributed by atoms with Gasteiger partial charge in [0.25, 0.3) is 0 Å². The Morgan fingerprint density at radius 1 is 1.17 bits per heavy atom. The average Bonchev–Trinajstić information content (AvgIpc) is 3.18. The number of nitrogens with one attached hydrogen (secondary N) is 1. The second-order valence-electron chi connectivity index (χ2n) is 4.77. The fraction of sp³-hybridized carbons (Fsp3) is 0.133. The van der Waals surface area contributed by atoms with E-state index in [0.717, 1.165) is 10.6 Å². The lowest BCUT2D eigenvalue weighted by Crippen LogP contribution is -2.27. The van der Waals surface area contributed by atoms with Crippen LogP contribution in [0.4, 0.5) is 0 Å². The largest absolute Gasteiger partial charge is 0.271 e. The number of benzene rings is 1. The smallest absolute Gasteiger partial charge is 0.241 e. The number of hydrogen-bond acceptors (Lipinski definition) is 4. The molecule has 120 valence electrons. The number of aromatic nitrogens is 2. The maximum atomic E-state index is 12.3. The number of thiophene rings is 1. The molecule has 0 radical (unpaired) electrons. The fourth-order valence-electron chi connectivity index (χ4n) is 2.08. The fourth-order valence-corrected chi connectivity index (χ4v) is 4.79. The van der Waals surface area contributed by atoms with Crippen molar-refractivity contribution >= 4 is 37.3 Å². The number of halogens is 1. The first kappa shape index (κ1) is 16.4. The van der Waals surface area contributed by atoms with E-state index in [1.807, 2.05) is 29.8 Å². The van der Waals surface area contributed by atoms with Crippen molar-refractivity contribution in [2.75, 3.05) is 6.54 Å². The highest BCUT2D eigenvalue weighted by Gasteiger charge is 2.16. The summed E-state index contributed by atoms with van der Waals surface area (Å²) in [6.45, 7) is 0.740. The summed E-state index contributed by atoms with van der Waals surface area (Å²) in [5.74, 6) is 0. The van der Waals surface area contributed by atoms with Crippen molar-refractivity contribution in [3.8, 4) is 10.6 Å². The first-order valence-corrected chi connectivity index (χ1v) is 10.0. The first-order valence-electron chi connectivity index (χ1n) is 6.88. The molecule has 3 aromatic rings. The van der Waals surface area contributed by atoms with E-state index >= 15 is 0 Å². The van der Waals surface area contributed by atoms with E-state index in [4.69, 9.17) is 0 Å². The first-order chi connectivity index (χ1) is 11.1. The molecule has 0 aliphatic rings. The molecule has 0 spiro atoms. The summed E-state index contributed by atoms with van der Waals surface area (Å²) in [6.07, 6.45) is 1.85. The molecular formula is C15H14BrN3O2S2. The molecule has 0 bridgehead atoms. The third kappa shape index (κ3) is 3.89. The molecule has 3 rings (SSSR count). The molecule has 0 unspecified atom stereocenters. The van der Waals surface area contributed by atoms with Gasteiger partial charge in [0.1, 0.15) is 5.69 Å². The Bertz CT molecular complexity index is 889. The van der Waals surface area contributed by atoms with Gasteiger partial charge in [0.05, 0.1) is 16.3 Å². The molecule has 0 aliphatic carbocycles. The van der Waals surface area contributed by atoms with Crippen LogP contribution in [-0.2, 0) is 16.6 Å². The van der Waals surface area contributed by atoms with Gasteiger partial charge in [-0.2, -0.15) is 5.10 Å². The molecule has 1 aromatic carbocycles. The average molecular weight is 412 g/mol. The van der Waals surface area contributed by atoms with Crippen molar-refractivity contribution in [3.63, 3.8) is 0 Å². The lowest BCUT2D eigenvalue weighted by atomic mass is 10.3. The van der Waals surface area contributed by atoms with Gasteiger partial charge in [-0.25, -0.2) is 13.1 Å². The molecule has 0 amide bonds.